The Morgan fingerprint density at radius 1 is 1.19 bits per heavy atom. The van der Waals surface area contributed by atoms with Gasteiger partial charge in [-0.1, -0.05) is 23.7 Å². The van der Waals surface area contributed by atoms with Crippen LogP contribution in [0.15, 0.2) is 42.5 Å². The third kappa shape index (κ3) is 5.94. The summed E-state index contributed by atoms with van der Waals surface area (Å²) in [6.45, 7) is 2.45. The van der Waals surface area contributed by atoms with Gasteiger partial charge in [-0.2, -0.15) is 0 Å². The normalized spacial score (nSPS) is 18.1. The first-order valence-corrected chi connectivity index (χ1v) is 12.5. The van der Waals surface area contributed by atoms with Crippen molar-refractivity contribution in [2.24, 2.45) is 5.92 Å². The molecule has 1 saturated heterocycles. The molecule has 0 bridgehead atoms. The van der Waals surface area contributed by atoms with Crippen molar-refractivity contribution in [1.82, 2.24) is 9.62 Å². The molecule has 0 aliphatic carbocycles. The maximum atomic E-state index is 13.0. The van der Waals surface area contributed by atoms with Crippen LogP contribution < -0.4 is 14.8 Å². The first kappa shape index (κ1) is 24.4. The molecule has 0 unspecified atom stereocenters. The van der Waals surface area contributed by atoms with Crippen LogP contribution in [0.3, 0.4) is 0 Å². The van der Waals surface area contributed by atoms with Crippen molar-refractivity contribution < 1.29 is 22.7 Å². The van der Waals surface area contributed by atoms with Gasteiger partial charge < -0.3 is 14.8 Å². The second-order valence-corrected chi connectivity index (χ2v) is 10.3. The standard InChI is InChI=1S/C23H29ClN2O5S/c1-16(21-13-20(30-2)10-11-22(21)31-3)25-23(27)18-5-4-12-26(14-18)32(28,29)15-17-6-8-19(24)9-7-17/h6-11,13,16,18H,4-5,12,14-15H2,1-3H3,(H,25,27)/t16-,18+/m0/s1. The highest BCUT2D eigenvalue weighted by Crippen LogP contribution is 2.30. The topological polar surface area (TPSA) is 84.9 Å². The van der Waals surface area contributed by atoms with Crippen LogP contribution in [0.2, 0.25) is 5.02 Å². The van der Waals surface area contributed by atoms with E-state index in [1.165, 1.54) is 4.31 Å². The van der Waals surface area contributed by atoms with Crippen LogP contribution in [-0.4, -0.2) is 45.9 Å². The van der Waals surface area contributed by atoms with Gasteiger partial charge in [0, 0.05) is 23.7 Å². The summed E-state index contributed by atoms with van der Waals surface area (Å²) in [5.41, 5.74) is 1.46. The van der Waals surface area contributed by atoms with Crippen LogP contribution in [0.5, 0.6) is 11.5 Å². The average molecular weight is 481 g/mol. The van der Waals surface area contributed by atoms with Gasteiger partial charge in [0.15, 0.2) is 0 Å². The first-order valence-electron chi connectivity index (χ1n) is 10.5. The molecule has 32 heavy (non-hydrogen) atoms. The van der Waals surface area contributed by atoms with Crippen molar-refractivity contribution in [2.75, 3.05) is 27.3 Å². The molecule has 0 aromatic heterocycles. The van der Waals surface area contributed by atoms with Crippen LogP contribution >= 0.6 is 11.6 Å². The van der Waals surface area contributed by atoms with Gasteiger partial charge in [-0.15, -0.1) is 0 Å². The Bertz CT molecular complexity index is 1040. The number of nitrogens with one attached hydrogen (secondary N) is 1. The van der Waals surface area contributed by atoms with Crippen molar-refractivity contribution in [2.45, 2.75) is 31.6 Å². The fourth-order valence-electron chi connectivity index (χ4n) is 3.88. The molecule has 3 rings (SSSR count). The number of sulfonamides is 1. The molecule has 0 spiro atoms. The zero-order chi connectivity index (χ0) is 23.3. The van der Waals surface area contributed by atoms with Crippen molar-refractivity contribution in [1.29, 1.82) is 0 Å². The van der Waals surface area contributed by atoms with E-state index < -0.39 is 15.9 Å². The summed E-state index contributed by atoms with van der Waals surface area (Å²) in [7, 11) is -0.389. The number of hydrogen-bond donors (Lipinski definition) is 1. The number of methoxy groups -OCH3 is 2. The second kappa shape index (κ2) is 10.6. The lowest BCUT2D eigenvalue weighted by molar-refractivity contribution is -0.126. The molecule has 2 aromatic carbocycles. The minimum atomic E-state index is -3.54. The summed E-state index contributed by atoms with van der Waals surface area (Å²) in [6.07, 6.45) is 1.27. The number of halogens is 1. The van der Waals surface area contributed by atoms with E-state index in [4.69, 9.17) is 21.1 Å². The van der Waals surface area contributed by atoms with Gasteiger partial charge in [0.1, 0.15) is 11.5 Å². The van der Waals surface area contributed by atoms with Gasteiger partial charge in [-0.25, -0.2) is 12.7 Å². The van der Waals surface area contributed by atoms with Gasteiger partial charge in [0.25, 0.3) is 0 Å². The van der Waals surface area contributed by atoms with Crippen molar-refractivity contribution >= 4 is 27.5 Å². The number of carbonyl (C=O) groups excluding carboxylic acids is 1. The van der Waals surface area contributed by atoms with E-state index in [1.807, 2.05) is 13.0 Å². The summed E-state index contributed by atoms with van der Waals surface area (Å²) in [5, 5.41) is 3.57. The van der Waals surface area contributed by atoms with E-state index in [0.717, 1.165) is 5.56 Å². The van der Waals surface area contributed by atoms with E-state index in [9.17, 15) is 13.2 Å². The fourth-order valence-corrected chi connectivity index (χ4v) is 5.61. The molecule has 0 radical (unpaired) electrons. The molecule has 1 aliphatic rings. The maximum Gasteiger partial charge on any atom is 0.224 e. The molecule has 2 aromatic rings. The predicted octanol–water partition coefficient (Wildman–Crippen LogP) is 3.78. The largest absolute Gasteiger partial charge is 0.497 e. The lowest BCUT2D eigenvalue weighted by atomic mass is 9.97. The lowest BCUT2D eigenvalue weighted by Gasteiger charge is -2.32. The van der Waals surface area contributed by atoms with E-state index in [0.29, 0.717) is 41.5 Å². The average Bonchev–Trinajstić information content (AvgIpc) is 2.80. The van der Waals surface area contributed by atoms with Gasteiger partial charge in [-0.05, 0) is 55.7 Å². The highest BCUT2D eigenvalue weighted by atomic mass is 35.5. The minimum Gasteiger partial charge on any atom is -0.497 e. The molecule has 2 atom stereocenters. The number of piperidine rings is 1. The second-order valence-electron chi connectivity index (χ2n) is 7.92. The molecule has 1 N–H and O–H groups in total. The first-order chi connectivity index (χ1) is 15.2. The predicted molar refractivity (Wildman–Crippen MR) is 124 cm³/mol. The summed E-state index contributed by atoms with van der Waals surface area (Å²) in [4.78, 5) is 13.0. The zero-order valence-corrected chi connectivity index (χ0v) is 20.1. The van der Waals surface area contributed by atoms with Gasteiger partial charge in [0.2, 0.25) is 15.9 Å². The van der Waals surface area contributed by atoms with E-state index in [-0.39, 0.29) is 24.2 Å². The number of amides is 1. The Labute approximate surface area is 194 Å². The summed E-state index contributed by atoms with van der Waals surface area (Å²) in [5.74, 6) is 0.612. The number of benzene rings is 2. The monoisotopic (exact) mass is 480 g/mol. The molecular weight excluding hydrogens is 452 g/mol. The van der Waals surface area contributed by atoms with Crippen molar-refractivity contribution in [3.05, 3.63) is 58.6 Å². The van der Waals surface area contributed by atoms with Crippen LogP contribution in [-0.2, 0) is 20.6 Å². The molecule has 1 aliphatic heterocycles. The third-order valence-corrected chi connectivity index (χ3v) is 7.74. The zero-order valence-electron chi connectivity index (χ0n) is 18.5. The Kier molecular flexibility index (Phi) is 8.03. The smallest absolute Gasteiger partial charge is 0.224 e. The molecule has 1 heterocycles. The molecular formula is C23H29ClN2O5S. The number of nitrogens with zero attached hydrogens (tertiary/aromatic N) is 1. The lowest BCUT2D eigenvalue weighted by Crippen LogP contribution is -2.46. The highest BCUT2D eigenvalue weighted by molar-refractivity contribution is 7.88. The molecule has 1 fully saturated rings. The van der Waals surface area contributed by atoms with Crippen LogP contribution in [0.4, 0.5) is 0 Å². The molecule has 7 nitrogen and oxygen atoms in total. The van der Waals surface area contributed by atoms with Crippen molar-refractivity contribution in [3.63, 3.8) is 0 Å². The number of ether oxygens (including phenoxy) is 2. The summed E-state index contributed by atoms with van der Waals surface area (Å²) < 4.78 is 38.0. The Hall–Kier alpha value is -2.29. The third-order valence-electron chi connectivity index (χ3n) is 5.67. The van der Waals surface area contributed by atoms with Gasteiger partial charge in [0.05, 0.1) is 31.9 Å². The summed E-state index contributed by atoms with van der Waals surface area (Å²) >= 11 is 5.89. The molecule has 1 amide bonds. The Balaban J connectivity index is 1.67. The van der Waals surface area contributed by atoms with Gasteiger partial charge in [-0.3, -0.25) is 4.79 Å². The van der Waals surface area contributed by atoms with E-state index in [1.54, 1.807) is 50.6 Å². The quantitative estimate of drug-likeness (QED) is 0.621. The number of rotatable bonds is 8. The number of hydrogen-bond acceptors (Lipinski definition) is 5. The Morgan fingerprint density at radius 3 is 2.56 bits per heavy atom. The molecule has 9 heteroatoms. The molecule has 0 saturated carbocycles. The summed E-state index contributed by atoms with van der Waals surface area (Å²) in [6, 6.07) is 11.8. The minimum absolute atomic E-state index is 0.115. The number of carbonyl (C=O) groups is 1. The fraction of sp³-hybridized carbons (Fsp3) is 0.435. The highest BCUT2D eigenvalue weighted by Gasteiger charge is 2.33. The van der Waals surface area contributed by atoms with Gasteiger partial charge >= 0.3 is 0 Å². The van der Waals surface area contributed by atoms with E-state index >= 15 is 0 Å². The van der Waals surface area contributed by atoms with E-state index in [2.05, 4.69) is 5.32 Å². The van der Waals surface area contributed by atoms with Crippen LogP contribution in [0.25, 0.3) is 0 Å². The Morgan fingerprint density at radius 2 is 1.91 bits per heavy atom. The molecule has 174 valence electrons. The van der Waals surface area contributed by atoms with Crippen LogP contribution in [0, 0.1) is 5.92 Å². The van der Waals surface area contributed by atoms with Crippen molar-refractivity contribution in [3.8, 4) is 11.5 Å². The van der Waals surface area contributed by atoms with Crippen LogP contribution in [0.1, 0.15) is 36.9 Å². The maximum absolute atomic E-state index is 13.0. The SMILES string of the molecule is COc1ccc(OC)c([C@H](C)NC(=O)[C@@H]2CCCN(S(=O)(=O)Cc3ccc(Cl)cc3)C2)c1.